The molecule has 0 saturated heterocycles. The lowest BCUT2D eigenvalue weighted by Gasteiger charge is -2.12. The number of nitriles is 1. The summed E-state index contributed by atoms with van der Waals surface area (Å²) < 4.78 is 5.24. The zero-order valence-corrected chi connectivity index (χ0v) is 16.8. The Kier molecular flexibility index (Phi) is 5.17. The van der Waals surface area contributed by atoms with Crippen molar-refractivity contribution in [3.8, 4) is 11.8 Å². The van der Waals surface area contributed by atoms with Gasteiger partial charge < -0.3 is 20.4 Å². The highest BCUT2D eigenvalue weighted by Crippen LogP contribution is 2.31. The maximum atomic E-state index is 9.37. The highest BCUT2D eigenvalue weighted by molar-refractivity contribution is 6.35. The first kappa shape index (κ1) is 18.9. The van der Waals surface area contributed by atoms with E-state index >= 15 is 0 Å². The van der Waals surface area contributed by atoms with Crippen LogP contribution in [-0.2, 0) is 0 Å². The Morgan fingerprint density at radius 3 is 2.59 bits per heavy atom. The van der Waals surface area contributed by atoms with Crippen LogP contribution in [0.2, 0.25) is 10.0 Å². The van der Waals surface area contributed by atoms with Crippen LogP contribution in [0.3, 0.4) is 0 Å². The van der Waals surface area contributed by atoms with E-state index in [2.05, 4.69) is 26.7 Å². The van der Waals surface area contributed by atoms with E-state index in [0.29, 0.717) is 27.3 Å². The minimum Gasteiger partial charge on any atom is -0.497 e. The lowest BCUT2D eigenvalue weighted by atomic mass is 10.2. The van der Waals surface area contributed by atoms with E-state index in [9.17, 15) is 5.26 Å². The number of halogens is 2. The van der Waals surface area contributed by atoms with Crippen molar-refractivity contribution < 1.29 is 4.74 Å². The fraction of sp³-hybridized carbons (Fsp3) is 0.0476. The number of pyridine rings is 1. The Labute approximate surface area is 177 Å². The molecule has 29 heavy (non-hydrogen) atoms. The average Bonchev–Trinajstić information content (AvgIpc) is 3.16. The van der Waals surface area contributed by atoms with Crippen molar-refractivity contribution in [2.45, 2.75) is 0 Å². The van der Waals surface area contributed by atoms with Gasteiger partial charge in [0.15, 0.2) is 0 Å². The number of H-pyrrole nitrogens is 1. The molecule has 144 valence electrons. The van der Waals surface area contributed by atoms with Gasteiger partial charge in [-0.2, -0.15) is 5.26 Å². The number of methoxy groups -OCH3 is 1. The van der Waals surface area contributed by atoms with Crippen LogP contribution in [0.4, 0.5) is 22.9 Å². The summed E-state index contributed by atoms with van der Waals surface area (Å²) in [5.41, 5.74) is 3.32. The SMILES string of the molecule is COc1cc(Cl)cc(Nc2cc(C#N)nc(Nc3cc(Cl)c4cc[nH]c4c3)c2)c1. The first-order chi connectivity index (χ1) is 14.0. The molecule has 0 bridgehead atoms. The van der Waals surface area contributed by atoms with E-state index in [1.54, 1.807) is 31.4 Å². The summed E-state index contributed by atoms with van der Waals surface area (Å²) in [6, 6.07) is 16.5. The normalized spacial score (nSPS) is 10.6. The molecule has 0 saturated carbocycles. The molecular weight excluding hydrogens is 409 g/mol. The first-order valence-corrected chi connectivity index (χ1v) is 9.37. The molecule has 0 aliphatic heterocycles. The zero-order valence-electron chi connectivity index (χ0n) is 15.3. The Bertz CT molecular complexity index is 1250. The molecule has 0 unspecified atom stereocenters. The van der Waals surface area contributed by atoms with Crippen molar-refractivity contribution in [1.82, 2.24) is 9.97 Å². The second-order valence-corrected chi connectivity index (χ2v) is 7.11. The summed E-state index contributed by atoms with van der Waals surface area (Å²) in [5.74, 6) is 1.13. The summed E-state index contributed by atoms with van der Waals surface area (Å²) in [5, 5.41) is 17.9. The summed E-state index contributed by atoms with van der Waals surface area (Å²) in [6.07, 6.45) is 1.83. The van der Waals surface area contributed by atoms with Crippen molar-refractivity contribution in [2.24, 2.45) is 0 Å². The molecule has 6 nitrogen and oxygen atoms in total. The number of nitrogens with zero attached hydrogens (tertiary/aromatic N) is 2. The molecule has 0 aliphatic rings. The molecule has 0 radical (unpaired) electrons. The van der Waals surface area contributed by atoms with Crippen molar-refractivity contribution >= 4 is 57.0 Å². The Morgan fingerprint density at radius 2 is 1.79 bits per heavy atom. The molecule has 4 rings (SSSR count). The van der Waals surface area contributed by atoms with Crippen molar-refractivity contribution in [2.75, 3.05) is 17.7 Å². The van der Waals surface area contributed by atoms with Gasteiger partial charge in [-0.25, -0.2) is 4.98 Å². The third-order valence-electron chi connectivity index (χ3n) is 4.23. The standard InChI is InChI=1S/C21H15Cl2N5O/c1-29-17-5-12(22)4-13(7-17)26-14-6-16(11-24)28-21(10-14)27-15-8-19(23)18-2-3-25-20(18)9-15/h2-10,25H,1H3,(H2,26,27,28). The van der Waals surface area contributed by atoms with E-state index in [-0.39, 0.29) is 5.69 Å². The van der Waals surface area contributed by atoms with Gasteiger partial charge in [-0.05, 0) is 36.4 Å². The quantitative estimate of drug-likeness (QED) is 0.353. The summed E-state index contributed by atoms with van der Waals surface area (Å²) in [6.45, 7) is 0. The summed E-state index contributed by atoms with van der Waals surface area (Å²) in [7, 11) is 1.57. The number of benzene rings is 2. The van der Waals surface area contributed by atoms with Gasteiger partial charge in [-0.3, -0.25) is 0 Å². The molecule has 0 amide bonds. The molecule has 0 atom stereocenters. The molecule has 4 aromatic rings. The number of aromatic nitrogens is 2. The van der Waals surface area contributed by atoms with E-state index in [4.69, 9.17) is 27.9 Å². The van der Waals surface area contributed by atoms with Gasteiger partial charge >= 0.3 is 0 Å². The predicted octanol–water partition coefficient (Wildman–Crippen LogP) is 6.24. The van der Waals surface area contributed by atoms with Gasteiger partial charge in [0.1, 0.15) is 23.3 Å². The number of hydrogen-bond donors (Lipinski definition) is 3. The average molecular weight is 424 g/mol. The van der Waals surface area contributed by atoms with E-state index in [1.807, 2.05) is 30.5 Å². The fourth-order valence-electron chi connectivity index (χ4n) is 2.98. The largest absolute Gasteiger partial charge is 0.497 e. The lowest BCUT2D eigenvalue weighted by Crippen LogP contribution is -1.99. The molecule has 2 aromatic carbocycles. The van der Waals surface area contributed by atoms with E-state index < -0.39 is 0 Å². The minimum atomic E-state index is 0.263. The number of hydrogen-bond acceptors (Lipinski definition) is 5. The molecule has 0 aliphatic carbocycles. The topological polar surface area (TPSA) is 85.8 Å². The molecule has 0 spiro atoms. The second kappa shape index (κ2) is 7.92. The lowest BCUT2D eigenvalue weighted by molar-refractivity contribution is 0.415. The smallest absolute Gasteiger partial charge is 0.144 e. The van der Waals surface area contributed by atoms with Gasteiger partial charge in [0, 0.05) is 51.3 Å². The molecule has 0 fully saturated rings. The fourth-order valence-corrected chi connectivity index (χ4v) is 3.49. The Balaban J connectivity index is 1.66. The first-order valence-electron chi connectivity index (χ1n) is 8.61. The van der Waals surface area contributed by atoms with E-state index in [1.165, 1.54) is 0 Å². The second-order valence-electron chi connectivity index (χ2n) is 6.26. The minimum absolute atomic E-state index is 0.263. The molecular formula is C21H15Cl2N5O. The van der Waals surface area contributed by atoms with Crippen LogP contribution in [0, 0.1) is 11.3 Å². The van der Waals surface area contributed by atoms with E-state index in [0.717, 1.165) is 22.3 Å². The van der Waals surface area contributed by atoms with Crippen LogP contribution in [0.1, 0.15) is 5.69 Å². The van der Waals surface area contributed by atoms with Crippen molar-refractivity contribution in [1.29, 1.82) is 5.26 Å². The Hall–Kier alpha value is -3.40. The van der Waals surface area contributed by atoms with Crippen molar-refractivity contribution in [3.63, 3.8) is 0 Å². The molecule has 2 heterocycles. The van der Waals surface area contributed by atoms with Gasteiger partial charge in [0.2, 0.25) is 0 Å². The zero-order chi connectivity index (χ0) is 20.4. The van der Waals surface area contributed by atoms with Crippen LogP contribution < -0.4 is 15.4 Å². The highest BCUT2D eigenvalue weighted by atomic mass is 35.5. The molecule has 3 N–H and O–H groups in total. The van der Waals surface area contributed by atoms with Crippen molar-refractivity contribution in [3.05, 3.63) is 70.5 Å². The maximum absolute atomic E-state index is 9.37. The maximum Gasteiger partial charge on any atom is 0.144 e. The number of aromatic amines is 1. The Morgan fingerprint density at radius 1 is 1.00 bits per heavy atom. The van der Waals surface area contributed by atoms with Crippen LogP contribution in [-0.4, -0.2) is 17.1 Å². The third-order valence-corrected chi connectivity index (χ3v) is 4.76. The number of anilines is 4. The van der Waals surface area contributed by atoms with Gasteiger partial charge in [-0.1, -0.05) is 23.2 Å². The summed E-state index contributed by atoms with van der Waals surface area (Å²) >= 11 is 12.5. The van der Waals surface area contributed by atoms with Crippen LogP contribution >= 0.6 is 23.2 Å². The van der Waals surface area contributed by atoms with Gasteiger partial charge in [0.25, 0.3) is 0 Å². The number of nitrogens with one attached hydrogen (secondary N) is 3. The number of ether oxygens (including phenoxy) is 1. The van der Waals surface area contributed by atoms with Gasteiger partial charge in [0.05, 0.1) is 12.1 Å². The molecule has 2 aromatic heterocycles. The third kappa shape index (κ3) is 4.21. The van der Waals surface area contributed by atoms with Gasteiger partial charge in [-0.15, -0.1) is 0 Å². The number of rotatable bonds is 5. The van der Waals surface area contributed by atoms with Crippen LogP contribution in [0.5, 0.6) is 5.75 Å². The monoisotopic (exact) mass is 423 g/mol. The van der Waals surface area contributed by atoms with Crippen LogP contribution in [0.25, 0.3) is 10.9 Å². The summed E-state index contributed by atoms with van der Waals surface area (Å²) in [4.78, 5) is 7.46. The number of fused-ring (bicyclic) bond motifs is 1. The molecule has 8 heteroatoms. The predicted molar refractivity (Wildman–Crippen MR) is 117 cm³/mol. The van der Waals surface area contributed by atoms with Crippen LogP contribution in [0.15, 0.2) is 54.7 Å². The highest BCUT2D eigenvalue weighted by Gasteiger charge is 2.08.